The van der Waals surface area contributed by atoms with Gasteiger partial charge in [0.05, 0.1) is 13.7 Å². The molecule has 2 nitrogen and oxygen atoms in total. The Balaban J connectivity index is 0.000000319. The van der Waals surface area contributed by atoms with E-state index in [1.165, 1.54) is 24.8 Å². The molecule has 1 aromatic carbocycles. The van der Waals surface area contributed by atoms with Crippen molar-refractivity contribution in [1.29, 1.82) is 0 Å². The Labute approximate surface area is 92.2 Å². The molecule has 0 aliphatic heterocycles. The first-order valence-electron chi connectivity index (χ1n) is 5.55. The lowest BCUT2D eigenvalue weighted by Gasteiger charge is -2.08. The van der Waals surface area contributed by atoms with Crippen LogP contribution in [0.25, 0.3) is 0 Å². The molecule has 0 heterocycles. The van der Waals surface area contributed by atoms with Gasteiger partial charge in [-0.25, -0.2) is 0 Å². The third-order valence-electron chi connectivity index (χ3n) is 1.97. The molecule has 0 atom stereocenters. The predicted octanol–water partition coefficient (Wildman–Crippen LogP) is 3.57. The monoisotopic (exact) mass is 208 g/mol. The molecule has 0 bridgehead atoms. The first-order valence-corrected chi connectivity index (χ1v) is 5.55. The van der Waals surface area contributed by atoms with E-state index in [0.717, 1.165) is 11.5 Å². The number of rotatable bonds is 3. The fraction of sp³-hybridized carbons (Fsp3) is 0.538. The summed E-state index contributed by atoms with van der Waals surface area (Å²) in [4.78, 5) is 0. The lowest BCUT2D eigenvalue weighted by Crippen LogP contribution is -1.95. The highest BCUT2D eigenvalue weighted by atomic mass is 16.5. The van der Waals surface area contributed by atoms with E-state index in [0.29, 0.717) is 6.61 Å². The number of hydrogen-bond acceptors (Lipinski definition) is 2. The van der Waals surface area contributed by atoms with Crippen molar-refractivity contribution in [2.24, 2.45) is 0 Å². The lowest BCUT2D eigenvalue weighted by atomic mass is 10.2. The molecular formula is C13H20O2. The second kappa shape index (κ2) is 6.33. The lowest BCUT2D eigenvalue weighted by molar-refractivity contribution is 0.311. The van der Waals surface area contributed by atoms with Crippen LogP contribution in [-0.4, -0.2) is 13.7 Å². The average Bonchev–Trinajstić information content (AvgIpc) is 3.08. The summed E-state index contributed by atoms with van der Waals surface area (Å²) in [5.41, 5.74) is 1.18. The topological polar surface area (TPSA) is 18.5 Å². The van der Waals surface area contributed by atoms with Crippen LogP contribution in [0, 0.1) is 6.92 Å². The molecule has 84 valence electrons. The Bertz CT molecular complexity index is 290. The van der Waals surface area contributed by atoms with Crippen LogP contribution < -0.4 is 9.47 Å². The van der Waals surface area contributed by atoms with Crippen molar-refractivity contribution in [3.63, 3.8) is 0 Å². The standard InChI is InChI=1S/C10H14O2.C3H6/c1-4-12-9-6-5-8(2)7-10(9)11-3;1-2-3-1/h5-7H,4H2,1-3H3;1-3H2. The highest BCUT2D eigenvalue weighted by Gasteiger charge is 2.01. The van der Waals surface area contributed by atoms with Crippen LogP contribution in [0.1, 0.15) is 31.7 Å². The van der Waals surface area contributed by atoms with Gasteiger partial charge in [-0.1, -0.05) is 25.3 Å². The zero-order valence-electron chi connectivity index (χ0n) is 9.88. The molecule has 0 amide bonds. The summed E-state index contributed by atoms with van der Waals surface area (Å²) >= 11 is 0. The number of aryl methyl sites for hydroxylation is 1. The molecular weight excluding hydrogens is 188 g/mol. The molecule has 0 saturated heterocycles. The summed E-state index contributed by atoms with van der Waals surface area (Å²) in [6, 6.07) is 5.90. The van der Waals surface area contributed by atoms with Gasteiger partial charge in [0, 0.05) is 0 Å². The fourth-order valence-corrected chi connectivity index (χ4v) is 1.05. The molecule has 0 unspecified atom stereocenters. The number of hydrogen-bond donors (Lipinski definition) is 0. The second-order valence-corrected chi connectivity index (χ2v) is 3.65. The summed E-state index contributed by atoms with van der Waals surface area (Å²) < 4.78 is 10.5. The van der Waals surface area contributed by atoms with Gasteiger partial charge in [-0.3, -0.25) is 0 Å². The van der Waals surface area contributed by atoms with Crippen molar-refractivity contribution in [3.05, 3.63) is 23.8 Å². The highest BCUT2D eigenvalue weighted by Crippen LogP contribution is 2.27. The van der Waals surface area contributed by atoms with Gasteiger partial charge in [0.1, 0.15) is 0 Å². The third kappa shape index (κ3) is 4.73. The minimum atomic E-state index is 0.666. The smallest absolute Gasteiger partial charge is 0.161 e. The molecule has 0 radical (unpaired) electrons. The molecule has 2 heteroatoms. The summed E-state index contributed by atoms with van der Waals surface area (Å²) in [6.07, 6.45) is 4.50. The third-order valence-corrected chi connectivity index (χ3v) is 1.97. The maximum atomic E-state index is 5.36. The molecule has 0 spiro atoms. The van der Waals surface area contributed by atoms with E-state index in [9.17, 15) is 0 Å². The quantitative estimate of drug-likeness (QED) is 0.756. The zero-order chi connectivity index (χ0) is 11.1. The number of ether oxygens (including phenoxy) is 2. The molecule has 1 aliphatic carbocycles. The van der Waals surface area contributed by atoms with E-state index in [1.54, 1.807) is 7.11 Å². The van der Waals surface area contributed by atoms with Gasteiger partial charge in [-0.15, -0.1) is 0 Å². The van der Waals surface area contributed by atoms with Crippen LogP contribution in [-0.2, 0) is 0 Å². The number of benzene rings is 1. The minimum absolute atomic E-state index is 0.666. The summed E-state index contributed by atoms with van der Waals surface area (Å²) in [7, 11) is 1.65. The fourth-order valence-electron chi connectivity index (χ4n) is 1.05. The first kappa shape index (κ1) is 11.9. The molecule has 0 N–H and O–H groups in total. The van der Waals surface area contributed by atoms with Gasteiger partial charge in [-0.05, 0) is 31.5 Å². The van der Waals surface area contributed by atoms with Crippen molar-refractivity contribution < 1.29 is 9.47 Å². The van der Waals surface area contributed by atoms with Crippen molar-refractivity contribution >= 4 is 0 Å². The van der Waals surface area contributed by atoms with E-state index in [1.807, 2.05) is 32.0 Å². The van der Waals surface area contributed by atoms with E-state index >= 15 is 0 Å². The Kier molecular flexibility index (Phi) is 5.02. The molecule has 2 rings (SSSR count). The predicted molar refractivity (Wildman–Crippen MR) is 62.8 cm³/mol. The van der Waals surface area contributed by atoms with Gasteiger partial charge in [0.2, 0.25) is 0 Å². The van der Waals surface area contributed by atoms with Gasteiger partial charge >= 0.3 is 0 Å². The average molecular weight is 208 g/mol. The Morgan fingerprint density at radius 1 is 1.13 bits per heavy atom. The summed E-state index contributed by atoms with van der Waals surface area (Å²) in [5, 5.41) is 0. The van der Waals surface area contributed by atoms with Crippen molar-refractivity contribution in [3.8, 4) is 11.5 Å². The molecule has 1 aromatic rings. The Morgan fingerprint density at radius 3 is 2.27 bits per heavy atom. The molecule has 0 aromatic heterocycles. The van der Waals surface area contributed by atoms with E-state index in [-0.39, 0.29) is 0 Å². The Morgan fingerprint density at radius 2 is 1.80 bits per heavy atom. The van der Waals surface area contributed by atoms with Crippen LogP contribution in [0.15, 0.2) is 18.2 Å². The minimum Gasteiger partial charge on any atom is -0.493 e. The van der Waals surface area contributed by atoms with Gasteiger partial charge in [0.15, 0.2) is 11.5 Å². The summed E-state index contributed by atoms with van der Waals surface area (Å²) in [5.74, 6) is 1.61. The van der Waals surface area contributed by atoms with E-state index < -0.39 is 0 Å². The number of methoxy groups -OCH3 is 1. The van der Waals surface area contributed by atoms with Crippen LogP contribution >= 0.6 is 0 Å². The second-order valence-electron chi connectivity index (χ2n) is 3.65. The maximum absolute atomic E-state index is 5.36. The zero-order valence-corrected chi connectivity index (χ0v) is 9.88. The normalized spacial score (nSPS) is 12.5. The Hall–Kier alpha value is -1.18. The van der Waals surface area contributed by atoms with Crippen LogP contribution in [0.2, 0.25) is 0 Å². The van der Waals surface area contributed by atoms with Gasteiger partial charge in [-0.2, -0.15) is 0 Å². The van der Waals surface area contributed by atoms with E-state index in [4.69, 9.17) is 9.47 Å². The highest BCUT2D eigenvalue weighted by molar-refractivity contribution is 5.42. The molecule has 1 saturated carbocycles. The van der Waals surface area contributed by atoms with Gasteiger partial charge in [0.25, 0.3) is 0 Å². The van der Waals surface area contributed by atoms with Crippen LogP contribution in [0.3, 0.4) is 0 Å². The van der Waals surface area contributed by atoms with E-state index in [2.05, 4.69) is 0 Å². The van der Waals surface area contributed by atoms with Crippen LogP contribution in [0.4, 0.5) is 0 Å². The van der Waals surface area contributed by atoms with Crippen molar-refractivity contribution in [2.45, 2.75) is 33.1 Å². The molecule has 15 heavy (non-hydrogen) atoms. The maximum Gasteiger partial charge on any atom is 0.161 e. The first-order chi connectivity index (χ1) is 7.27. The molecule has 1 fully saturated rings. The summed E-state index contributed by atoms with van der Waals surface area (Å²) in [6.45, 7) is 4.65. The van der Waals surface area contributed by atoms with Crippen LogP contribution in [0.5, 0.6) is 11.5 Å². The van der Waals surface area contributed by atoms with Gasteiger partial charge < -0.3 is 9.47 Å². The SMILES string of the molecule is C1CC1.CCOc1ccc(C)cc1OC. The van der Waals surface area contributed by atoms with Crippen molar-refractivity contribution in [2.75, 3.05) is 13.7 Å². The molecule has 1 aliphatic rings. The largest absolute Gasteiger partial charge is 0.493 e. The van der Waals surface area contributed by atoms with Crippen molar-refractivity contribution in [1.82, 2.24) is 0 Å².